The molecule has 4 nitrogen and oxygen atoms in total. The Morgan fingerprint density at radius 3 is 2.56 bits per heavy atom. The number of hydrogen-bond donors (Lipinski definition) is 1. The molecule has 0 aliphatic heterocycles. The van der Waals surface area contributed by atoms with E-state index >= 15 is 0 Å². The predicted octanol–water partition coefficient (Wildman–Crippen LogP) is 4.18. The van der Waals surface area contributed by atoms with Crippen LogP contribution in [0, 0.1) is 5.82 Å². The van der Waals surface area contributed by atoms with E-state index in [2.05, 4.69) is 10.4 Å². The van der Waals surface area contributed by atoms with Crippen LogP contribution < -0.4 is 5.32 Å². The first-order chi connectivity index (χ1) is 12.7. The van der Waals surface area contributed by atoms with E-state index in [9.17, 15) is 22.4 Å². The maximum atomic E-state index is 13.4. The van der Waals surface area contributed by atoms with Crippen LogP contribution in [0.1, 0.15) is 21.6 Å². The molecule has 27 heavy (non-hydrogen) atoms. The largest absolute Gasteiger partial charge is 0.416 e. The van der Waals surface area contributed by atoms with Crippen molar-refractivity contribution in [1.82, 2.24) is 15.1 Å². The zero-order valence-electron chi connectivity index (χ0n) is 14.2. The topological polar surface area (TPSA) is 46.9 Å². The number of carbonyl (C=O) groups excluding carboxylic acids is 1. The Hall–Kier alpha value is -3.16. The van der Waals surface area contributed by atoms with Crippen molar-refractivity contribution in [3.05, 3.63) is 77.2 Å². The van der Waals surface area contributed by atoms with Gasteiger partial charge in [0.2, 0.25) is 0 Å². The molecule has 0 bridgehead atoms. The van der Waals surface area contributed by atoms with E-state index in [1.54, 1.807) is 19.2 Å². The van der Waals surface area contributed by atoms with Crippen LogP contribution in [0.2, 0.25) is 0 Å². The summed E-state index contributed by atoms with van der Waals surface area (Å²) in [5.41, 5.74) is 0.726. The zero-order valence-corrected chi connectivity index (χ0v) is 14.2. The molecular weight excluding hydrogens is 362 g/mol. The molecule has 0 saturated carbocycles. The lowest BCUT2D eigenvalue weighted by Gasteiger charge is -2.09. The normalized spacial score (nSPS) is 11.4. The molecule has 0 aliphatic rings. The molecule has 140 valence electrons. The number of halogens is 4. The number of hydrogen-bond acceptors (Lipinski definition) is 2. The Bertz CT molecular complexity index is 979. The van der Waals surface area contributed by atoms with Gasteiger partial charge in [-0.1, -0.05) is 24.3 Å². The monoisotopic (exact) mass is 377 g/mol. The summed E-state index contributed by atoms with van der Waals surface area (Å²) in [5.74, 6) is -0.949. The molecule has 0 saturated heterocycles. The van der Waals surface area contributed by atoms with Crippen LogP contribution in [0.25, 0.3) is 11.3 Å². The summed E-state index contributed by atoms with van der Waals surface area (Å²) < 4.78 is 53.0. The molecule has 0 fully saturated rings. The zero-order chi connectivity index (χ0) is 19.6. The highest BCUT2D eigenvalue weighted by atomic mass is 19.4. The predicted molar refractivity (Wildman–Crippen MR) is 91.2 cm³/mol. The lowest BCUT2D eigenvalue weighted by molar-refractivity contribution is -0.137. The van der Waals surface area contributed by atoms with Crippen LogP contribution in [-0.2, 0) is 19.8 Å². The molecule has 0 unspecified atom stereocenters. The van der Waals surface area contributed by atoms with Crippen molar-refractivity contribution < 1.29 is 22.4 Å². The number of aromatic nitrogens is 2. The van der Waals surface area contributed by atoms with E-state index in [4.69, 9.17) is 0 Å². The van der Waals surface area contributed by atoms with E-state index in [1.807, 2.05) is 0 Å². The van der Waals surface area contributed by atoms with Crippen molar-refractivity contribution in [3.63, 3.8) is 0 Å². The highest BCUT2D eigenvalue weighted by molar-refractivity contribution is 5.93. The third-order valence-electron chi connectivity index (χ3n) is 3.94. The Morgan fingerprint density at radius 2 is 1.85 bits per heavy atom. The first-order valence-corrected chi connectivity index (χ1v) is 7.98. The molecule has 3 rings (SSSR count). The van der Waals surface area contributed by atoms with Gasteiger partial charge < -0.3 is 5.32 Å². The van der Waals surface area contributed by atoms with Gasteiger partial charge in [-0.05, 0) is 35.9 Å². The highest BCUT2D eigenvalue weighted by Gasteiger charge is 2.30. The SMILES string of the molecule is Cn1nc(C(=O)NCc2cccc(C(F)(F)F)c2)cc1-c1cccc(F)c1. The Morgan fingerprint density at radius 1 is 1.11 bits per heavy atom. The van der Waals surface area contributed by atoms with Gasteiger partial charge in [-0.15, -0.1) is 0 Å². The summed E-state index contributed by atoms with van der Waals surface area (Å²) in [6.07, 6.45) is -4.44. The van der Waals surface area contributed by atoms with Gasteiger partial charge in [-0.2, -0.15) is 18.3 Å². The van der Waals surface area contributed by atoms with Gasteiger partial charge in [-0.25, -0.2) is 4.39 Å². The minimum atomic E-state index is -4.44. The second kappa shape index (κ2) is 7.22. The molecule has 0 radical (unpaired) electrons. The van der Waals surface area contributed by atoms with Gasteiger partial charge >= 0.3 is 6.18 Å². The summed E-state index contributed by atoms with van der Waals surface area (Å²) in [6, 6.07) is 12.1. The lowest BCUT2D eigenvalue weighted by atomic mass is 10.1. The van der Waals surface area contributed by atoms with E-state index in [-0.39, 0.29) is 12.2 Å². The van der Waals surface area contributed by atoms with Crippen LogP contribution in [0.3, 0.4) is 0 Å². The van der Waals surface area contributed by atoms with Gasteiger partial charge in [0.15, 0.2) is 5.69 Å². The molecule has 1 amide bonds. The van der Waals surface area contributed by atoms with Gasteiger partial charge in [-0.3, -0.25) is 9.48 Å². The number of carbonyl (C=O) groups is 1. The number of nitrogens with one attached hydrogen (secondary N) is 1. The van der Waals surface area contributed by atoms with Crippen molar-refractivity contribution in [3.8, 4) is 11.3 Å². The fourth-order valence-corrected chi connectivity index (χ4v) is 2.63. The average Bonchev–Trinajstić information content (AvgIpc) is 3.01. The molecule has 3 aromatic rings. The standard InChI is InChI=1S/C19H15F4N3O/c1-26-17(13-5-3-7-15(20)9-13)10-16(25-26)18(27)24-11-12-4-2-6-14(8-12)19(21,22)23/h2-10H,11H2,1H3,(H,24,27). The lowest BCUT2D eigenvalue weighted by Crippen LogP contribution is -2.23. The summed E-state index contributed by atoms with van der Waals surface area (Å²) in [7, 11) is 1.61. The number of alkyl halides is 3. The molecular formula is C19H15F4N3O. The van der Waals surface area contributed by atoms with E-state index < -0.39 is 23.5 Å². The highest BCUT2D eigenvalue weighted by Crippen LogP contribution is 2.29. The van der Waals surface area contributed by atoms with Crippen LogP contribution in [0.5, 0.6) is 0 Å². The Kier molecular flexibility index (Phi) is 4.98. The summed E-state index contributed by atoms with van der Waals surface area (Å²) in [6.45, 7) is -0.0748. The first kappa shape index (κ1) is 18.6. The van der Waals surface area contributed by atoms with Crippen LogP contribution >= 0.6 is 0 Å². The molecule has 2 aromatic carbocycles. The van der Waals surface area contributed by atoms with Gasteiger partial charge in [0.1, 0.15) is 5.82 Å². The second-order valence-electron chi connectivity index (χ2n) is 5.93. The maximum absolute atomic E-state index is 13.4. The first-order valence-electron chi connectivity index (χ1n) is 7.98. The molecule has 0 aliphatic carbocycles. The van der Waals surface area contributed by atoms with Gasteiger partial charge in [0.25, 0.3) is 5.91 Å². The number of nitrogens with zero attached hydrogens (tertiary/aromatic N) is 2. The van der Waals surface area contributed by atoms with Gasteiger partial charge in [0, 0.05) is 19.2 Å². The Balaban J connectivity index is 1.73. The fourth-order valence-electron chi connectivity index (χ4n) is 2.63. The van der Waals surface area contributed by atoms with E-state index in [0.717, 1.165) is 12.1 Å². The Labute approximate surface area is 152 Å². The molecule has 1 aromatic heterocycles. The summed E-state index contributed by atoms with van der Waals surface area (Å²) in [4.78, 5) is 12.3. The van der Waals surface area contributed by atoms with Crippen LogP contribution in [0.4, 0.5) is 17.6 Å². The average molecular weight is 377 g/mol. The quantitative estimate of drug-likeness (QED) is 0.694. The second-order valence-corrected chi connectivity index (χ2v) is 5.93. The third-order valence-corrected chi connectivity index (χ3v) is 3.94. The van der Waals surface area contributed by atoms with Gasteiger partial charge in [0.05, 0.1) is 11.3 Å². The van der Waals surface area contributed by atoms with Crippen molar-refractivity contribution in [2.24, 2.45) is 7.05 Å². The van der Waals surface area contributed by atoms with Crippen LogP contribution in [-0.4, -0.2) is 15.7 Å². The smallest absolute Gasteiger partial charge is 0.347 e. The molecule has 1 heterocycles. The number of rotatable bonds is 4. The van der Waals surface area contributed by atoms with Crippen molar-refractivity contribution >= 4 is 5.91 Å². The van der Waals surface area contributed by atoms with E-state index in [1.165, 1.54) is 35.0 Å². The maximum Gasteiger partial charge on any atom is 0.416 e. The molecule has 8 heteroatoms. The minimum Gasteiger partial charge on any atom is -0.347 e. The molecule has 0 spiro atoms. The van der Waals surface area contributed by atoms with Crippen molar-refractivity contribution in [1.29, 1.82) is 0 Å². The number of amides is 1. The van der Waals surface area contributed by atoms with E-state index in [0.29, 0.717) is 16.8 Å². The number of aryl methyl sites for hydroxylation is 1. The number of benzene rings is 2. The summed E-state index contributed by atoms with van der Waals surface area (Å²) in [5, 5.41) is 6.63. The van der Waals surface area contributed by atoms with Crippen molar-refractivity contribution in [2.45, 2.75) is 12.7 Å². The third kappa shape index (κ3) is 4.33. The molecule has 1 N–H and O–H groups in total. The minimum absolute atomic E-state index is 0.0748. The van der Waals surface area contributed by atoms with Crippen LogP contribution in [0.15, 0.2) is 54.6 Å². The van der Waals surface area contributed by atoms with Crippen molar-refractivity contribution in [2.75, 3.05) is 0 Å². The fraction of sp³-hybridized carbons (Fsp3) is 0.158. The molecule has 0 atom stereocenters. The summed E-state index contributed by atoms with van der Waals surface area (Å²) >= 11 is 0.